The number of carbonyl (C=O) groups is 2. The molecule has 0 aromatic rings. The predicted octanol–water partition coefficient (Wildman–Crippen LogP) is 0.586. The molecule has 0 unspecified atom stereocenters. The van der Waals surface area contributed by atoms with E-state index in [4.69, 9.17) is 5.73 Å². The summed E-state index contributed by atoms with van der Waals surface area (Å²) in [5.74, 6) is 0.780. The third-order valence-electron chi connectivity index (χ3n) is 3.16. The number of amides is 2. The van der Waals surface area contributed by atoms with Gasteiger partial charge in [-0.25, -0.2) is 0 Å². The van der Waals surface area contributed by atoms with Crippen LogP contribution in [0.1, 0.15) is 33.1 Å². The summed E-state index contributed by atoms with van der Waals surface area (Å²) in [6, 6.07) is 0. The summed E-state index contributed by atoms with van der Waals surface area (Å²) >= 11 is 1.37. The van der Waals surface area contributed by atoms with Gasteiger partial charge in [0.25, 0.3) is 0 Å². The maximum absolute atomic E-state index is 11.9. The van der Waals surface area contributed by atoms with Crippen molar-refractivity contribution < 1.29 is 9.59 Å². The Labute approximate surface area is 119 Å². The van der Waals surface area contributed by atoms with E-state index in [1.165, 1.54) is 18.2 Å². The molecule has 1 heterocycles. The second kappa shape index (κ2) is 7.75. The van der Waals surface area contributed by atoms with Crippen molar-refractivity contribution in [3.63, 3.8) is 0 Å². The van der Waals surface area contributed by atoms with Crippen molar-refractivity contribution in [1.29, 1.82) is 0 Å². The number of nitrogens with zero attached hydrogens (tertiary/aromatic N) is 1. The number of piperidine rings is 1. The number of nitrogens with two attached hydrogens (primary N) is 1. The summed E-state index contributed by atoms with van der Waals surface area (Å²) in [5.41, 5.74) is 5.17. The number of hydrogen-bond acceptors (Lipinski definition) is 4. The number of thioether (sulfide) groups is 1. The zero-order chi connectivity index (χ0) is 14.3. The smallest absolute Gasteiger partial charge is 0.232 e. The first kappa shape index (κ1) is 16.3. The van der Waals surface area contributed by atoms with Gasteiger partial charge in [-0.2, -0.15) is 0 Å². The first-order chi connectivity index (χ1) is 8.94. The number of carbonyl (C=O) groups excluding carboxylic acids is 2. The van der Waals surface area contributed by atoms with E-state index in [1.54, 1.807) is 0 Å². The zero-order valence-electron chi connectivity index (χ0n) is 11.9. The molecule has 0 bridgehead atoms. The molecule has 1 aliphatic rings. The van der Waals surface area contributed by atoms with Gasteiger partial charge in [-0.3, -0.25) is 9.59 Å². The lowest BCUT2D eigenvalue weighted by atomic mass is 10.1. The molecular weight excluding hydrogens is 262 g/mol. The minimum absolute atomic E-state index is 0.0631. The van der Waals surface area contributed by atoms with Crippen LogP contribution in [0.4, 0.5) is 0 Å². The quantitative estimate of drug-likeness (QED) is 0.749. The molecule has 0 radical (unpaired) electrons. The molecular formula is C13H25N3O2S. The lowest BCUT2D eigenvalue weighted by Gasteiger charge is -2.27. The SMILES string of the molecule is CC(C)(CN)NC(=O)CSCC(=O)N1CCCCC1. The van der Waals surface area contributed by atoms with Crippen LogP contribution in [0.15, 0.2) is 0 Å². The molecule has 19 heavy (non-hydrogen) atoms. The average molecular weight is 287 g/mol. The minimum Gasteiger partial charge on any atom is -0.349 e. The summed E-state index contributed by atoms with van der Waals surface area (Å²) in [4.78, 5) is 25.4. The third kappa shape index (κ3) is 6.29. The maximum atomic E-state index is 11.9. The van der Waals surface area contributed by atoms with Crippen LogP contribution in [0.25, 0.3) is 0 Å². The van der Waals surface area contributed by atoms with Crippen LogP contribution in [0.3, 0.4) is 0 Å². The Morgan fingerprint density at radius 1 is 1.21 bits per heavy atom. The fourth-order valence-electron chi connectivity index (χ4n) is 1.93. The summed E-state index contributed by atoms with van der Waals surface area (Å²) in [7, 11) is 0. The molecule has 1 saturated heterocycles. The van der Waals surface area contributed by atoms with Gasteiger partial charge in [0, 0.05) is 25.2 Å². The van der Waals surface area contributed by atoms with Crippen molar-refractivity contribution in [3.8, 4) is 0 Å². The molecule has 110 valence electrons. The minimum atomic E-state index is -0.380. The van der Waals surface area contributed by atoms with Crippen LogP contribution in [0, 0.1) is 0 Å². The topological polar surface area (TPSA) is 75.4 Å². The fourth-order valence-corrected chi connectivity index (χ4v) is 2.65. The third-order valence-corrected chi connectivity index (χ3v) is 4.07. The fraction of sp³-hybridized carbons (Fsp3) is 0.846. The Morgan fingerprint density at radius 3 is 2.42 bits per heavy atom. The van der Waals surface area contributed by atoms with Gasteiger partial charge in [-0.15, -0.1) is 11.8 Å². The Kier molecular flexibility index (Phi) is 6.65. The molecule has 2 amide bonds. The molecule has 0 aromatic heterocycles. The highest BCUT2D eigenvalue weighted by Gasteiger charge is 2.19. The number of nitrogens with one attached hydrogen (secondary N) is 1. The Bertz CT molecular complexity index is 315. The van der Waals surface area contributed by atoms with Gasteiger partial charge in [-0.05, 0) is 33.1 Å². The monoisotopic (exact) mass is 287 g/mol. The largest absolute Gasteiger partial charge is 0.349 e. The van der Waals surface area contributed by atoms with E-state index in [0.29, 0.717) is 18.1 Å². The average Bonchev–Trinajstić information content (AvgIpc) is 2.39. The van der Waals surface area contributed by atoms with Gasteiger partial charge in [0.15, 0.2) is 0 Å². The van der Waals surface area contributed by atoms with Crippen molar-refractivity contribution in [2.75, 3.05) is 31.1 Å². The van der Waals surface area contributed by atoms with E-state index >= 15 is 0 Å². The molecule has 5 nitrogen and oxygen atoms in total. The molecule has 0 aliphatic carbocycles. The van der Waals surface area contributed by atoms with Gasteiger partial charge in [-0.1, -0.05) is 0 Å². The van der Waals surface area contributed by atoms with Crippen molar-refractivity contribution >= 4 is 23.6 Å². The summed E-state index contributed by atoms with van der Waals surface area (Å²) < 4.78 is 0. The van der Waals surface area contributed by atoms with Crippen molar-refractivity contribution in [3.05, 3.63) is 0 Å². The molecule has 1 fully saturated rings. The molecule has 0 spiro atoms. The molecule has 0 saturated carbocycles. The predicted molar refractivity (Wildman–Crippen MR) is 79.0 cm³/mol. The molecule has 0 aromatic carbocycles. The number of hydrogen-bond donors (Lipinski definition) is 2. The van der Waals surface area contributed by atoms with E-state index in [1.807, 2.05) is 18.7 Å². The van der Waals surface area contributed by atoms with Crippen LogP contribution in [0.5, 0.6) is 0 Å². The molecule has 1 rings (SSSR count). The highest BCUT2D eigenvalue weighted by molar-refractivity contribution is 8.00. The van der Waals surface area contributed by atoms with E-state index < -0.39 is 0 Å². The van der Waals surface area contributed by atoms with Gasteiger partial charge in [0.2, 0.25) is 11.8 Å². The van der Waals surface area contributed by atoms with E-state index in [-0.39, 0.29) is 17.4 Å². The van der Waals surface area contributed by atoms with Crippen LogP contribution in [-0.2, 0) is 9.59 Å². The molecule has 6 heteroatoms. The molecule has 3 N–H and O–H groups in total. The van der Waals surface area contributed by atoms with Crippen molar-refractivity contribution in [2.45, 2.75) is 38.6 Å². The van der Waals surface area contributed by atoms with Gasteiger partial charge in [0.1, 0.15) is 0 Å². The van der Waals surface area contributed by atoms with Crippen LogP contribution >= 0.6 is 11.8 Å². The Balaban J connectivity index is 2.19. The first-order valence-corrected chi connectivity index (χ1v) is 7.97. The lowest BCUT2D eigenvalue weighted by molar-refractivity contribution is -0.129. The van der Waals surface area contributed by atoms with Gasteiger partial charge < -0.3 is 16.0 Å². The number of likely N-dealkylation sites (tertiary alicyclic amines) is 1. The number of rotatable bonds is 6. The maximum Gasteiger partial charge on any atom is 0.232 e. The second-order valence-electron chi connectivity index (χ2n) is 5.57. The van der Waals surface area contributed by atoms with E-state index in [2.05, 4.69) is 5.32 Å². The van der Waals surface area contributed by atoms with E-state index in [0.717, 1.165) is 25.9 Å². The van der Waals surface area contributed by atoms with Crippen LogP contribution < -0.4 is 11.1 Å². The summed E-state index contributed by atoms with van der Waals surface area (Å²) in [6.07, 6.45) is 3.41. The van der Waals surface area contributed by atoms with Crippen molar-refractivity contribution in [1.82, 2.24) is 10.2 Å². The highest BCUT2D eigenvalue weighted by Crippen LogP contribution is 2.11. The summed E-state index contributed by atoms with van der Waals surface area (Å²) in [5, 5.41) is 2.85. The lowest BCUT2D eigenvalue weighted by Crippen LogP contribution is -2.49. The van der Waals surface area contributed by atoms with Gasteiger partial charge in [0.05, 0.1) is 11.5 Å². The normalized spacial score (nSPS) is 16.3. The summed E-state index contributed by atoms with van der Waals surface area (Å²) in [6.45, 7) is 5.90. The van der Waals surface area contributed by atoms with Crippen LogP contribution in [0.2, 0.25) is 0 Å². The van der Waals surface area contributed by atoms with E-state index in [9.17, 15) is 9.59 Å². The van der Waals surface area contributed by atoms with Crippen LogP contribution in [-0.4, -0.2) is 53.4 Å². The Hall–Kier alpha value is -0.750. The highest BCUT2D eigenvalue weighted by atomic mass is 32.2. The molecule has 0 atom stereocenters. The first-order valence-electron chi connectivity index (χ1n) is 6.81. The standard InChI is InChI=1S/C13H25N3O2S/c1-13(2,10-14)15-11(17)8-19-9-12(18)16-6-4-3-5-7-16/h3-10,14H2,1-2H3,(H,15,17). The molecule has 1 aliphatic heterocycles. The zero-order valence-corrected chi connectivity index (χ0v) is 12.7. The van der Waals surface area contributed by atoms with Gasteiger partial charge >= 0.3 is 0 Å². The Morgan fingerprint density at radius 2 is 1.84 bits per heavy atom. The van der Waals surface area contributed by atoms with Crippen molar-refractivity contribution in [2.24, 2.45) is 5.73 Å². The second-order valence-corrected chi connectivity index (χ2v) is 6.56.